The van der Waals surface area contributed by atoms with Gasteiger partial charge in [0.25, 0.3) is 0 Å². The van der Waals surface area contributed by atoms with E-state index in [4.69, 9.17) is 4.98 Å². The van der Waals surface area contributed by atoms with Crippen LogP contribution in [0.4, 0.5) is 10.8 Å². The fourth-order valence-corrected chi connectivity index (χ4v) is 3.93. The van der Waals surface area contributed by atoms with Gasteiger partial charge in [-0.05, 0) is 36.4 Å². The molecule has 0 saturated heterocycles. The van der Waals surface area contributed by atoms with E-state index in [1.165, 1.54) is 11.3 Å². The summed E-state index contributed by atoms with van der Waals surface area (Å²) in [4.78, 5) is 18.5. The van der Waals surface area contributed by atoms with Crippen LogP contribution in [-0.2, 0) is 0 Å². The number of rotatable bonds is 5. The Kier molecular flexibility index (Phi) is 5.14. The Labute approximate surface area is 169 Å². The first-order chi connectivity index (χ1) is 13.2. The molecule has 5 heteroatoms. The molecule has 0 fully saturated rings. The molecule has 0 aliphatic heterocycles. The van der Waals surface area contributed by atoms with Crippen molar-refractivity contribution in [3.8, 4) is 11.3 Å². The van der Waals surface area contributed by atoms with Crippen LogP contribution in [0.3, 0.4) is 0 Å². The summed E-state index contributed by atoms with van der Waals surface area (Å²) in [7, 11) is 0. The van der Waals surface area contributed by atoms with Crippen LogP contribution in [0.15, 0.2) is 89.4 Å². The molecule has 0 amide bonds. The van der Waals surface area contributed by atoms with E-state index in [0.717, 1.165) is 15.7 Å². The third-order valence-electron chi connectivity index (χ3n) is 4.01. The van der Waals surface area contributed by atoms with Crippen molar-refractivity contribution < 1.29 is 4.79 Å². The van der Waals surface area contributed by atoms with Gasteiger partial charge in [0, 0.05) is 21.3 Å². The molecule has 0 atom stereocenters. The van der Waals surface area contributed by atoms with Crippen molar-refractivity contribution >= 4 is 43.9 Å². The molecule has 0 aliphatic rings. The summed E-state index contributed by atoms with van der Waals surface area (Å²) >= 11 is 4.78. The molecule has 0 aliphatic carbocycles. The number of ketones is 1. The average Bonchev–Trinajstić information content (AvgIpc) is 3.13. The molecule has 3 nitrogen and oxygen atoms in total. The van der Waals surface area contributed by atoms with Gasteiger partial charge >= 0.3 is 0 Å². The maximum absolute atomic E-state index is 13.1. The van der Waals surface area contributed by atoms with Gasteiger partial charge < -0.3 is 5.32 Å². The maximum atomic E-state index is 13.1. The minimum Gasteiger partial charge on any atom is -0.332 e. The summed E-state index contributed by atoms with van der Waals surface area (Å²) in [6.45, 7) is 0. The number of carbonyl (C=O) groups is 1. The molecule has 0 spiro atoms. The monoisotopic (exact) mass is 434 g/mol. The summed E-state index contributed by atoms with van der Waals surface area (Å²) in [6, 6.07) is 27.0. The number of thiazole rings is 1. The van der Waals surface area contributed by atoms with Gasteiger partial charge in [0.15, 0.2) is 5.13 Å². The molecular formula is C22H15BrN2OS. The predicted molar refractivity (Wildman–Crippen MR) is 115 cm³/mol. The SMILES string of the molecule is O=C(c1ccc(Br)cc1)c1sc(Nc2ccccc2)nc1-c1ccccc1. The number of hydrogen-bond donors (Lipinski definition) is 1. The molecule has 1 aromatic heterocycles. The standard InChI is InChI=1S/C22H15BrN2OS/c23-17-13-11-16(12-14-17)20(26)21-19(15-7-3-1-4-8-15)25-22(27-21)24-18-9-5-2-6-10-18/h1-14H,(H,24,25). The Bertz CT molecular complexity index is 1060. The smallest absolute Gasteiger partial charge is 0.205 e. The highest BCUT2D eigenvalue weighted by atomic mass is 79.9. The van der Waals surface area contributed by atoms with E-state index in [9.17, 15) is 4.79 Å². The second kappa shape index (κ2) is 7.86. The van der Waals surface area contributed by atoms with Gasteiger partial charge in [-0.25, -0.2) is 4.98 Å². The van der Waals surface area contributed by atoms with Crippen LogP contribution in [0.2, 0.25) is 0 Å². The molecule has 0 bridgehead atoms. The summed E-state index contributed by atoms with van der Waals surface area (Å²) in [5.41, 5.74) is 3.21. The normalized spacial score (nSPS) is 10.6. The largest absolute Gasteiger partial charge is 0.332 e. The minimum absolute atomic E-state index is 0.0278. The third kappa shape index (κ3) is 3.99. The molecule has 0 saturated carbocycles. The van der Waals surface area contributed by atoms with Crippen LogP contribution in [0.25, 0.3) is 11.3 Å². The van der Waals surface area contributed by atoms with Crippen molar-refractivity contribution in [2.75, 3.05) is 5.32 Å². The van der Waals surface area contributed by atoms with E-state index in [1.807, 2.05) is 84.9 Å². The zero-order chi connectivity index (χ0) is 18.6. The van der Waals surface area contributed by atoms with Crippen LogP contribution in [0.5, 0.6) is 0 Å². The first-order valence-electron chi connectivity index (χ1n) is 8.39. The summed E-state index contributed by atoms with van der Waals surface area (Å²) in [5.74, 6) is -0.0278. The molecule has 27 heavy (non-hydrogen) atoms. The molecule has 1 heterocycles. The van der Waals surface area contributed by atoms with Gasteiger partial charge in [-0.15, -0.1) is 0 Å². The van der Waals surface area contributed by atoms with Gasteiger partial charge in [0.05, 0.1) is 5.69 Å². The zero-order valence-corrected chi connectivity index (χ0v) is 16.6. The second-order valence-electron chi connectivity index (χ2n) is 5.89. The Balaban J connectivity index is 1.76. The molecule has 0 unspecified atom stereocenters. The van der Waals surface area contributed by atoms with E-state index in [2.05, 4.69) is 21.2 Å². The molecule has 132 valence electrons. The lowest BCUT2D eigenvalue weighted by Gasteiger charge is -2.02. The fraction of sp³-hybridized carbons (Fsp3) is 0. The molecule has 4 aromatic rings. The van der Waals surface area contributed by atoms with Gasteiger partial charge in [-0.1, -0.05) is 75.8 Å². The van der Waals surface area contributed by atoms with E-state index in [-0.39, 0.29) is 5.78 Å². The number of carbonyl (C=O) groups excluding carboxylic acids is 1. The number of nitrogens with one attached hydrogen (secondary N) is 1. The minimum atomic E-state index is -0.0278. The fourth-order valence-electron chi connectivity index (χ4n) is 2.70. The Morgan fingerprint density at radius 3 is 2.15 bits per heavy atom. The van der Waals surface area contributed by atoms with Gasteiger partial charge in [-0.2, -0.15) is 0 Å². The lowest BCUT2D eigenvalue weighted by molar-refractivity contribution is 0.104. The van der Waals surface area contributed by atoms with Crippen molar-refractivity contribution in [3.05, 3.63) is 99.8 Å². The first kappa shape index (κ1) is 17.6. The highest BCUT2D eigenvalue weighted by molar-refractivity contribution is 9.10. The second-order valence-corrected chi connectivity index (χ2v) is 7.80. The number of para-hydroxylation sites is 1. The predicted octanol–water partition coefficient (Wildman–Crippen LogP) is 6.55. The van der Waals surface area contributed by atoms with Crippen molar-refractivity contribution in [3.63, 3.8) is 0 Å². The number of aromatic nitrogens is 1. The summed E-state index contributed by atoms with van der Waals surface area (Å²) < 4.78 is 0.943. The van der Waals surface area contributed by atoms with Crippen LogP contribution in [0.1, 0.15) is 15.2 Å². The molecule has 0 radical (unpaired) electrons. The molecular weight excluding hydrogens is 420 g/mol. The topological polar surface area (TPSA) is 42.0 Å². The van der Waals surface area contributed by atoms with Crippen molar-refractivity contribution in [2.24, 2.45) is 0 Å². The van der Waals surface area contributed by atoms with Gasteiger partial charge in [-0.3, -0.25) is 4.79 Å². The lowest BCUT2D eigenvalue weighted by Crippen LogP contribution is -2.00. The van der Waals surface area contributed by atoms with Crippen LogP contribution >= 0.6 is 27.3 Å². The third-order valence-corrected chi connectivity index (χ3v) is 5.51. The first-order valence-corrected chi connectivity index (χ1v) is 10.0. The van der Waals surface area contributed by atoms with Crippen molar-refractivity contribution in [1.82, 2.24) is 4.98 Å². The van der Waals surface area contributed by atoms with Crippen LogP contribution in [0, 0.1) is 0 Å². The van der Waals surface area contributed by atoms with Crippen molar-refractivity contribution in [2.45, 2.75) is 0 Å². The highest BCUT2D eigenvalue weighted by Crippen LogP contribution is 2.34. The zero-order valence-electron chi connectivity index (χ0n) is 14.2. The van der Waals surface area contributed by atoms with Crippen LogP contribution < -0.4 is 5.32 Å². The summed E-state index contributed by atoms with van der Waals surface area (Å²) in [5, 5.41) is 3.99. The average molecular weight is 435 g/mol. The van der Waals surface area contributed by atoms with E-state index < -0.39 is 0 Å². The van der Waals surface area contributed by atoms with Crippen molar-refractivity contribution in [1.29, 1.82) is 0 Å². The maximum Gasteiger partial charge on any atom is 0.205 e. The number of hydrogen-bond acceptors (Lipinski definition) is 4. The highest BCUT2D eigenvalue weighted by Gasteiger charge is 2.21. The van der Waals surface area contributed by atoms with E-state index >= 15 is 0 Å². The number of benzene rings is 3. The van der Waals surface area contributed by atoms with Gasteiger partial charge in [0.1, 0.15) is 4.88 Å². The number of nitrogens with zero attached hydrogens (tertiary/aromatic N) is 1. The number of halogens is 1. The lowest BCUT2D eigenvalue weighted by atomic mass is 10.1. The van der Waals surface area contributed by atoms with Gasteiger partial charge in [0.2, 0.25) is 5.78 Å². The molecule has 4 rings (SSSR count). The van der Waals surface area contributed by atoms with E-state index in [1.54, 1.807) is 0 Å². The van der Waals surface area contributed by atoms with E-state index in [0.29, 0.717) is 21.3 Å². The number of anilines is 2. The Hall–Kier alpha value is -2.76. The van der Waals surface area contributed by atoms with Crippen LogP contribution in [-0.4, -0.2) is 10.8 Å². The quantitative estimate of drug-likeness (QED) is 0.362. The molecule has 3 aromatic carbocycles. The Morgan fingerprint density at radius 1 is 0.852 bits per heavy atom. The molecule has 1 N–H and O–H groups in total. The summed E-state index contributed by atoms with van der Waals surface area (Å²) in [6.07, 6.45) is 0. The Morgan fingerprint density at radius 2 is 1.48 bits per heavy atom.